The van der Waals surface area contributed by atoms with E-state index in [0.717, 1.165) is 22.6 Å². The zero-order valence-electron chi connectivity index (χ0n) is 17.8. The van der Waals surface area contributed by atoms with E-state index in [2.05, 4.69) is 41.8 Å². The number of methoxy groups -OCH3 is 1. The predicted octanol–water partition coefficient (Wildman–Crippen LogP) is 3.79. The van der Waals surface area contributed by atoms with Crippen molar-refractivity contribution in [3.8, 4) is 5.75 Å². The van der Waals surface area contributed by atoms with Crippen LogP contribution in [0.25, 0.3) is 0 Å². The normalized spacial score (nSPS) is 10.4. The summed E-state index contributed by atoms with van der Waals surface area (Å²) in [5.74, 6) is 1.46. The molecule has 0 fully saturated rings. The quantitative estimate of drug-likeness (QED) is 0.497. The molecule has 162 valence electrons. The number of rotatable bonds is 9. The summed E-state index contributed by atoms with van der Waals surface area (Å²) in [6.07, 6.45) is 1.64. The summed E-state index contributed by atoms with van der Waals surface area (Å²) in [7, 11) is 1.62. The lowest BCUT2D eigenvalue weighted by Crippen LogP contribution is -2.43. The highest BCUT2D eigenvalue weighted by molar-refractivity contribution is 7.80. The van der Waals surface area contributed by atoms with Gasteiger partial charge in [-0.05, 0) is 54.5 Å². The van der Waals surface area contributed by atoms with Gasteiger partial charge in [-0.15, -0.1) is 0 Å². The summed E-state index contributed by atoms with van der Waals surface area (Å²) in [5, 5.41) is 6.45. The number of amides is 1. The lowest BCUT2D eigenvalue weighted by atomic mass is 10.1. The van der Waals surface area contributed by atoms with Gasteiger partial charge in [0.25, 0.3) is 0 Å². The standard InChI is InChI=1S/C24H27N3O3S/c1-18-5-7-20(8-6-18)16-27(17-22-4-3-13-30-22)24(31)26-15-23(28)25-14-19-9-11-21(29-2)12-10-19/h3-13H,14-17H2,1-2H3,(H,25,28)(H,26,31). The van der Waals surface area contributed by atoms with Crippen LogP contribution in [0.5, 0.6) is 5.75 Å². The number of benzene rings is 2. The summed E-state index contributed by atoms with van der Waals surface area (Å²) >= 11 is 5.58. The number of thiocarbonyl (C=S) groups is 1. The van der Waals surface area contributed by atoms with Crippen LogP contribution in [-0.4, -0.2) is 29.6 Å². The molecule has 1 aromatic heterocycles. The van der Waals surface area contributed by atoms with Gasteiger partial charge < -0.3 is 24.7 Å². The second-order valence-corrected chi connectivity index (χ2v) is 7.59. The van der Waals surface area contributed by atoms with Crippen molar-refractivity contribution in [2.24, 2.45) is 0 Å². The molecular formula is C24H27N3O3S. The van der Waals surface area contributed by atoms with E-state index in [1.165, 1.54) is 5.56 Å². The number of carbonyl (C=O) groups is 1. The second kappa shape index (κ2) is 11.2. The molecule has 3 rings (SSSR count). The fourth-order valence-corrected chi connectivity index (χ4v) is 3.18. The Kier molecular flexibility index (Phi) is 8.06. The van der Waals surface area contributed by atoms with Crippen molar-refractivity contribution in [2.45, 2.75) is 26.6 Å². The Hall–Kier alpha value is -3.32. The van der Waals surface area contributed by atoms with E-state index in [1.54, 1.807) is 13.4 Å². The highest BCUT2D eigenvalue weighted by Gasteiger charge is 2.14. The van der Waals surface area contributed by atoms with E-state index in [4.69, 9.17) is 21.4 Å². The van der Waals surface area contributed by atoms with Gasteiger partial charge >= 0.3 is 0 Å². The van der Waals surface area contributed by atoms with Gasteiger partial charge in [-0.25, -0.2) is 0 Å². The van der Waals surface area contributed by atoms with Gasteiger partial charge in [0, 0.05) is 13.1 Å². The number of carbonyl (C=O) groups excluding carboxylic acids is 1. The molecule has 0 saturated heterocycles. The fourth-order valence-electron chi connectivity index (χ4n) is 2.98. The molecule has 0 radical (unpaired) electrons. The van der Waals surface area contributed by atoms with Crippen molar-refractivity contribution in [2.75, 3.05) is 13.7 Å². The molecule has 0 saturated carbocycles. The van der Waals surface area contributed by atoms with Crippen LogP contribution < -0.4 is 15.4 Å². The topological polar surface area (TPSA) is 66.7 Å². The molecule has 6 nitrogen and oxygen atoms in total. The minimum Gasteiger partial charge on any atom is -0.497 e. The predicted molar refractivity (Wildman–Crippen MR) is 125 cm³/mol. The van der Waals surface area contributed by atoms with Gasteiger partial charge in [0.15, 0.2) is 5.11 Å². The van der Waals surface area contributed by atoms with E-state index in [-0.39, 0.29) is 12.5 Å². The number of aryl methyl sites for hydroxylation is 1. The summed E-state index contributed by atoms with van der Waals surface area (Å²) in [5.41, 5.74) is 3.33. The van der Waals surface area contributed by atoms with Gasteiger partial charge in [-0.3, -0.25) is 4.79 Å². The summed E-state index contributed by atoms with van der Waals surface area (Å²) in [4.78, 5) is 14.3. The average molecular weight is 438 g/mol. The molecular weight excluding hydrogens is 410 g/mol. The maximum atomic E-state index is 12.3. The van der Waals surface area contributed by atoms with E-state index >= 15 is 0 Å². The van der Waals surface area contributed by atoms with E-state index < -0.39 is 0 Å². The van der Waals surface area contributed by atoms with Crippen molar-refractivity contribution in [1.29, 1.82) is 0 Å². The van der Waals surface area contributed by atoms with Gasteiger partial charge in [-0.2, -0.15) is 0 Å². The van der Waals surface area contributed by atoms with Crippen LogP contribution in [0.2, 0.25) is 0 Å². The molecule has 0 bridgehead atoms. The van der Waals surface area contributed by atoms with Crippen LogP contribution in [0.15, 0.2) is 71.3 Å². The highest BCUT2D eigenvalue weighted by Crippen LogP contribution is 2.13. The monoisotopic (exact) mass is 437 g/mol. The first-order valence-electron chi connectivity index (χ1n) is 10.0. The van der Waals surface area contributed by atoms with Crippen molar-refractivity contribution in [3.63, 3.8) is 0 Å². The van der Waals surface area contributed by atoms with Gasteiger partial charge in [0.1, 0.15) is 11.5 Å². The van der Waals surface area contributed by atoms with Crippen LogP contribution >= 0.6 is 12.2 Å². The highest BCUT2D eigenvalue weighted by atomic mass is 32.1. The first kappa shape index (κ1) is 22.4. The number of hydrogen-bond donors (Lipinski definition) is 2. The molecule has 0 aliphatic heterocycles. The number of nitrogens with zero attached hydrogens (tertiary/aromatic N) is 1. The molecule has 0 aliphatic rings. The zero-order valence-corrected chi connectivity index (χ0v) is 18.6. The Balaban J connectivity index is 1.53. The molecule has 2 aromatic carbocycles. The first-order chi connectivity index (χ1) is 15.0. The second-order valence-electron chi connectivity index (χ2n) is 7.20. The number of furan rings is 1. The third-order valence-electron chi connectivity index (χ3n) is 4.76. The van der Waals surface area contributed by atoms with Crippen molar-refractivity contribution in [3.05, 3.63) is 89.4 Å². The molecule has 0 aliphatic carbocycles. The molecule has 2 N–H and O–H groups in total. The first-order valence-corrected chi connectivity index (χ1v) is 10.4. The van der Waals surface area contributed by atoms with E-state index in [1.807, 2.05) is 41.3 Å². The fraction of sp³-hybridized carbons (Fsp3) is 0.250. The van der Waals surface area contributed by atoms with Crippen molar-refractivity contribution in [1.82, 2.24) is 15.5 Å². The largest absolute Gasteiger partial charge is 0.497 e. The van der Waals surface area contributed by atoms with Gasteiger partial charge in [-0.1, -0.05) is 42.0 Å². The number of ether oxygens (including phenoxy) is 1. The zero-order chi connectivity index (χ0) is 22.1. The molecule has 0 spiro atoms. The average Bonchev–Trinajstić information content (AvgIpc) is 3.30. The van der Waals surface area contributed by atoms with Crippen molar-refractivity contribution < 1.29 is 13.9 Å². The third-order valence-corrected chi connectivity index (χ3v) is 5.16. The lowest BCUT2D eigenvalue weighted by Gasteiger charge is -2.25. The molecule has 0 unspecified atom stereocenters. The maximum Gasteiger partial charge on any atom is 0.239 e. The summed E-state index contributed by atoms with van der Waals surface area (Å²) < 4.78 is 10.6. The van der Waals surface area contributed by atoms with E-state index in [9.17, 15) is 4.79 Å². The van der Waals surface area contributed by atoms with Crippen LogP contribution in [0.4, 0.5) is 0 Å². The van der Waals surface area contributed by atoms with Crippen LogP contribution in [0.1, 0.15) is 22.5 Å². The Morgan fingerprint density at radius 3 is 2.35 bits per heavy atom. The molecule has 3 aromatic rings. The minimum absolute atomic E-state index is 0.0948. The summed E-state index contributed by atoms with van der Waals surface area (Å²) in [6.45, 7) is 3.72. The molecule has 0 atom stereocenters. The maximum absolute atomic E-state index is 12.3. The third kappa shape index (κ3) is 7.15. The van der Waals surface area contributed by atoms with Crippen LogP contribution in [0, 0.1) is 6.92 Å². The molecule has 1 amide bonds. The minimum atomic E-state index is -0.133. The molecule has 1 heterocycles. The smallest absolute Gasteiger partial charge is 0.239 e. The summed E-state index contributed by atoms with van der Waals surface area (Å²) in [6, 6.07) is 19.6. The Bertz CT molecular complexity index is 970. The van der Waals surface area contributed by atoms with E-state index in [0.29, 0.717) is 24.7 Å². The van der Waals surface area contributed by atoms with Crippen LogP contribution in [-0.2, 0) is 24.4 Å². The van der Waals surface area contributed by atoms with Crippen molar-refractivity contribution >= 4 is 23.2 Å². The Labute approximate surface area is 188 Å². The lowest BCUT2D eigenvalue weighted by molar-refractivity contribution is -0.120. The Morgan fingerprint density at radius 2 is 1.71 bits per heavy atom. The number of nitrogens with one attached hydrogen (secondary N) is 2. The molecule has 7 heteroatoms. The number of hydrogen-bond acceptors (Lipinski definition) is 4. The van der Waals surface area contributed by atoms with Crippen LogP contribution in [0.3, 0.4) is 0 Å². The van der Waals surface area contributed by atoms with Gasteiger partial charge in [0.05, 0.1) is 26.5 Å². The Morgan fingerprint density at radius 1 is 1.00 bits per heavy atom. The SMILES string of the molecule is COc1ccc(CNC(=O)CNC(=S)N(Cc2ccc(C)cc2)Cc2ccco2)cc1. The molecule has 31 heavy (non-hydrogen) atoms. The van der Waals surface area contributed by atoms with Gasteiger partial charge in [0.2, 0.25) is 5.91 Å².